The van der Waals surface area contributed by atoms with E-state index in [0.29, 0.717) is 12.2 Å². The number of hydrogen-bond acceptors (Lipinski definition) is 4. The van der Waals surface area contributed by atoms with Gasteiger partial charge in [-0.3, -0.25) is 9.59 Å². The average molecular weight is 294 g/mol. The first kappa shape index (κ1) is 15.6. The van der Waals surface area contributed by atoms with Gasteiger partial charge in [-0.1, -0.05) is 19.3 Å². The predicted octanol–water partition coefficient (Wildman–Crippen LogP) is 1.27. The monoisotopic (exact) mass is 294 g/mol. The third-order valence-electron chi connectivity index (χ3n) is 3.72. The van der Waals surface area contributed by atoms with E-state index in [2.05, 4.69) is 10.6 Å². The summed E-state index contributed by atoms with van der Waals surface area (Å²) in [6.07, 6.45) is 6.28. The molecule has 2 rings (SSSR count). The van der Waals surface area contributed by atoms with Gasteiger partial charge in [-0.15, -0.1) is 0 Å². The molecule has 1 fully saturated rings. The number of carbonyl (C=O) groups excluding carboxylic acids is 2. The highest BCUT2D eigenvalue weighted by Gasteiger charge is 2.20. The van der Waals surface area contributed by atoms with Crippen LogP contribution in [0.2, 0.25) is 0 Å². The van der Waals surface area contributed by atoms with Crippen LogP contribution in [0.4, 0.5) is 0 Å². The Bertz CT molecular complexity index is 452. The van der Waals surface area contributed by atoms with E-state index in [1.165, 1.54) is 12.7 Å². The van der Waals surface area contributed by atoms with Gasteiger partial charge in [-0.2, -0.15) is 0 Å². The fraction of sp³-hybridized carbons (Fsp3) is 0.600. The number of aliphatic hydroxyl groups excluding tert-OH is 1. The second kappa shape index (κ2) is 7.83. The molecular weight excluding hydrogens is 272 g/mol. The zero-order chi connectivity index (χ0) is 15.1. The number of furan rings is 1. The van der Waals surface area contributed by atoms with Crippen LogP contribution < -0.4 is 10.6 Å². The molecule has 1 aliphatic rings. The summed E-state index contributed by atoms with van der Waals surface area (Å²) in [6, 6.07) is 3.47. The minimum atomic E-state index is -0.776. The maximum Gasteiger partial charge on any atom is 0.309 e. The van der Waals surface area contributed by atoms with E-state index in [0.717, 1.165) is 25.7 Å². The van der Waals surface area contributed by atoms with Crippen LogP contribution in [0.25, 0.3) is 0 Å². The van der Waals surface area contributed by atoms with E-state index in [4.69, 9.17) is 4.42 Å². The number of aliphatic hydroxyl groups is 1. The molecule has 1 aromatic rings. The van der Waals surface area contributed by atoms with Gasteiger partial charge in [0.25, 0.3) is 0 Å². The van der Waals surface area contributed by atoms with E-state index >= 15 is 0 Å². The summed E-state index contributed by atoms with van der Waals surface area (Å²) in [5.74, 6) is -0.780. The van der Waals surface area contributed by atoms with Crippen LogP contribution in [0.1, 0.15) is 50.4 Å². The molecule has 0 aliphatic heterocycles. The molecule has 0 aromatic carbocycles. The summed E-state index contributed by atoms with van der Waals surface area (Å²) in [6.45, 7) is 0.221. The lowest BCUT2D eigenvalue weighted by Gasteiger charge is -2.22. The molecule has 6 heteroatoms. The van der Waals surface area contributed by atoms with Crippen molar-refractivity contribution < 1.29 is 19.1 Å². The molecule has 6 nitrogen and oxygen atoms in total. The molecule has 0 spiro atoms. The molecule has 2 amide bonds. The second-order valence-corrected chi connectivity index (χ2v) is 5.38. The van der Waals surface area contributed by atoms with Crippen molar-refractivity contribution in [2.24, 2.45) is 0 Å². The van der Waals surface area contributed by atoms with Crippen LogP contribution in [0.5, 0.6) is 0 Å². The average Bonchev–Trinajstić information content (AvgIpc) is 3.02. The summed E-state index contributed by atoms with van der Waals surface area (Å²) in [4.78, 5) is 23.4. The van der Waals surface area contributed by atoms with Crippen LogP contribution in [0, 0.1) is 0 Å². The Morgan fingerprint density at radius 3 is 2.71 bits per heavy atom. The molecule has 1 aliphatic carbocycles. The summed E-state index contributed by atoms with van der Waals surface area (Å²) >= 11 is 0. The maximum absolute atomic E-state index is 11.7. The Morgan fingerprint density at radius 2 is 2.05 bits per heavy atom. The van der Waals surface area contributed by atoms with Crippen molar-refractivity contribution in [3.8, 4) is 0 Å². The third-order valence-corrected chi connectivity index (χ3v) is 3.72. The van der Waals surface area contributed by atoms with E-state index in [1.54, 1.807) is 12.1 Å². The zero-order valence-corrected chi connectivity index (χ0v) is 12.0. The molecule has 1 aromatic heterocycles. The van der Waals surface area contributed by atoms with Gasteiger partial charge in [0.1, 0.15) is 11.9 Å². The third kappa shape index (κ3) is 4.90. The Hall–Kier alpha value is -1.82. The second-order valence-electron chi connectivity index (χ2n) is 5.38. The van der Waals surface area contributed by atoms with Crippen molar-refractivity contribution in [2.45, 2.75) is 50.7 Å². The summed E-state index contributed by atoms with van der Waals surface area (Å²) in [5, 5.41) is 15.0. The van der Waals surface area contributed by atoms with Crippen LogP contribution in [-0.2, 0) is 9.59 Å². The van der Waals surface area contributed by atoms with E-state index in [-0.39, 0.29) is 12.6 Å². The first-order valence-corrected chi connectivity index (χ1v) is 7.47. The first-order chi connectivity index (χ1) is 10.2. The van der Waals surface area contributed by atoms with Crippen molar-refractivity contribution in [2.75, 3.05) is 6.54 Å². The maximum atomic E-state index is 11.7. The zero-order valence-electron chi connectivity index (χ0n) is 12.0. The molecule has 0 radical (unpaired) electrons. The standard InChI is InChI=1S/C15H22N2O4/c18-12(13-7-4-10-21-13)8-9-16-14(19)15(20)17-11-5-2-1-3-6-11/h4,7,10-12,18H,1-3,5-6,8-9H2,(H,16,19)(H,17,20). The largest absolute Gasteiger partial charge is 0.467 e. The highest BCUT2D eigenvalue weighted by Crippen LogP contribution is 2.17. The molecule has 1 saturated carbocycles. The van der Waals surface area contributed by atoms with Crippen LogP contribution >= 0.6 is 0 Å². The summed E-state index contributed by atoms with van der Waals surface area (Å²) in [7, 11) is 0. The topological polar surface area (TPSA) is 91.6 Å². The van der Waals surface area contributed by atoms with Crippen LogP contribution in [0.15, 0.2) is 22.8 Å². The van der Waals surface area contributed by atoms with Gasteiger partial charge >= 0.3 is 11.8 Å². The van der Waals surface area contributed by atoms with Crippen LogP contribution in [0.3, 0.4) is 0 Å². The Morgan fingerprint density at radius 1 is 1.29 bits per heavy atom. The molecular formula is C15H22N2O4. The summed E-state index contributed by atoms with van der Waals surface area (Å²) < 4.78 is 5.06. The van der Waals surface area contributed by atoms with Crippen molar-refractivity contribution >= 4 is 11.8 Å². The molecule has 1 unspecified atom stereocenters. The van der Waals surface area contributed by atoms with Gasteiger partial charge in [-0.05, 0) is 31.4 Å². The van der Waals surface area contributed by atoms with E-state index in [1.807, 2.05) is 0 Å². The highest BCUT2D eigenvalue weighted by molar-refractivity contribution is 6.35. The lowest BCUT2D eigenvalue weighted by Crippen LogP contribution is -2.45. The smallest absolute Gasteiger partial charge is 0.309 e. The Kier molecular flexibility index (Phi) is 5.80. The molecule has 1 heterocycles. The fourth-order valence-electron chi connectivity index (χ4n) is 2.52. The molecule has 0 saturated heterocycles. The van der Waals surface area contributed by atoms with Gasteiger partial charge in [0.15, 0.2) is 0 Å². The number of carbonyl (C=O) groups is 2. The van der Waals surface area contributed by atoms with Crippen molar-refractivity contribution in [3.63, 3.8) is 0 Å². The van der Waals surface area contributed by atoms with Gasteiger partial charge in [0.05, 0.1) is 6.26 Å². The predicted molar refractivity (Wildman–Crippen MR) is 76.3 cm³/mol. The van der Waals surface area contributed by atoms with E-state index in [9.17, 15) is 14.7 Å². The van der Waals surface area contributed by atoms with Crippen molar-refractivity contribution in [3.05, 3.63) is 24.2 Å². The van der Waals surface area contributed by atoms with Crippen LogP contribution in [-0.4, -0.2) is 29.5 Å². The Balaban J connectivity index is 1.65. The van der Waals surface area contributed by atoms with Gasteiger partial charge in [0, 0.05) is 12.6 Å². The highest BCUT2D eigenvalue weighted by atomic mass is 16.4. The molecule has 1 atom stereocenters. The molecule has 3 N–H and O–H groups in total. The first-order valence-electron chi connectivity index (χ1n) is 7.47. The minimum absolute atomic E-state index is 0.116. The lowest BCUT2D eigenvalue weighted by atomic mass is 9.95. The number of nitrogens with one attached hydrogen (secondary N) is 2. The summed E-state index contributed by atoms with van der Waals surface area (Å²) in [5.41, 5.74) is 0. The minimum Gasteiger partial charge on any atom is -0.467 e. The van der Waals surface area contributed by atoms with Crippen molar-refractivity contribution in [1.29, 1.82) is 0 Å². The van der Waals surface area contributed by atoms with E-state index < -0.39 is 17.9 Å². The van der Waals surface area contributed by atoms with Gasteiger partial charge in [-0.25, -0.2) is 0 Å². The molecule has 0 bridgehead atoms. The normalized spacial score (nSPS) is 17.2. The lowest BCUT2D eigenvalue weighted by molar-refractivity contribution is -0.139. The van der Waals surface area contributed by atoms with Crippen molar-refractivity contribution in [1.82, 2.24) is 10.6 Å². The fourth-order valence-corrected chi connectivity index (χ4v) is 2.52. The number of hydrogen-bond donors (Lipinski definition) is 3. The molecule has 116 valence electrons. The quantitative estimate of drug-likeness (QED) is 0.713. The van der Waals surface area contributed by atoms with Gasteiger partial charge in [0.2, 0.25) is 0 Å². The number of rotatable bonds is 5. The van der Waals surface area contributed by atoms with Gasteiger partial charge < -0.3 is 20.2 Å². The Labute approximate surface area is 123 Å². The molecule has 21 heavy (non-hydrogen) atoms. The number of amides is 2. The SMILES string of the molecule is O=C(NCCC(O)c1ccco1)C(=O)NC1CCCCC1.